The third-order valence-electron chi connectivity index (χ3n) is 4.94. The molecule has 0 aromatic rings. The molecule has 0 spiro atoms. The lowest BCUT2D eigenvalue weighted by molar-refractivity contribution is -0.119. The zero-order valence-corrected chi connectivity index (χ0v) is 19.8. The Hall–Kier alpha value is -1.63. The summed E-state index contributed by atoms with van der Waals surface area (Å²) in [5.74, 6) is 0.281. The lowest BCUT2D eigenvalue weighted by Crippen LogP contribution is -2.07. The van der Waals surface area contributed by atoms with Crippen LogP contribution in [-0.4, -0.2) is 5.78 Å². The van der Waals surface area contributed by atoms with E-state index in [2.05, 4.69) is 78.8 Å². The molecule has 0 N–H and O–H groups in total. The summed E-state index contributed by atoms with van der Waals surface area (Å²) in [6, 6.07) is 0. The average molecular weight is 385 g/mol. The van der Waals surface area contributed by atoms with Crippen LogP contribution in [-0.2, 0) is 4.79 Å². The van der Waals surface area contributed by atoms with Crippen molar-refractivity contribution in [2.45, 2.75) is 100 Å². The molecule has 1 heteroatoms. The highest BCUT2D eigenvalue weighted by Gasteiger charge is 2.10. The van der Waals surface area contributed by atoms with Crippen LogP contribution in [0.4, 0.5) is 0 Å². The number of carbonyl (C=O) groups is 1. The number of rotatable bonds is 13. The van der Waals surface area contributed by atoms with Crippen molar-refractivity contribution in [2.24, 2.45) is 5.92 Å². The number of allylic oxidation sites excluding steroid dienone is 10. The fourth-order valence-corrected chi connectivity index (χ4v) is 3.03. The second-order valence-electron chi connectivity index (χ2n) is 8.75. The van der Waals surface area contributed by atoms with E-state index in [1.54, 1.807) is 6.92 Å². The summed E-state index contributed by atoms with van der Waals surface area (Å²) < 4.78 is 0. The van der Waals surface area contributed by atoms with Crippen LogP contribution >= 0.6 is 0 Å². The fourth-order valence-electron chi connectivity index (χ4n) is 3.03. The average Bonchev–Trinajstić information content (AvgIpc) is 2.57. The van der Waals surface area contributed by atoms with E-state index in [0.717, 1.165) is 44.9 Å². The van der Waals surface area contributed by atoms with Crippen molar-refractivity contribution in [1.82, 2.24) is 0 Å². The highest BCUT2D eigenvalue weighted by Crippen LogP contribution is 2.17. The normalized spacial score (nSPS) is 13.9. The van der Waals surface area contributed by atoms with Gasteiger partial charge in [-0.15, -0.1) is 0 Å². The van der Waals surface area contributed by atoms with Crippen molar-refractivity contribution in [3.05, 3.63) is 58.2 Å². The Morgan fingerprint density at radius 2 is 1.04 bits per heavy atom. The van der Waals surface area contributed by atoms with E-state index in [1.165, 1.54) is 27.9 Å². The molecule has 0 amide bonds. The first-order valence-electron chi connectivity index (χ1n) is 10.9. The molecule has 0 aromatic heterocycles. The van der Waals surface area contributed by atoms with Crippen LogP contribution in [0.5, 0.6) is 0 Å². The number of carbonyl (C=O) groups excluding carboxylic acids is 1. The van der Waals surface area contributed by atoms with Crippen molar-refractivity contribution in [1.29, 1.82) is 0 Å². The molecule has 1 atom stereocenters. The van der Waals surface area contributed by atoms with Crippen LogP contribution in [0.1, 0.15) is 100 Å². The topological polar surface area (TPSA) is 17.1 Å². The van der Waals surface area contributed by atoms with Crippen molar-refractivity contribution < 1.29 is 4.79 Å². The molecule has 1 unspecified atom stereocenters. The Morgan fingerprint density at radius 3 is 1.50 bits per heavy atom. The molecule has 0 aromatic carbocycles. The van der Waals surface area contributed by atoms with Gasteiger partial charge < -0.3 is 0 Å². The zero-order valence-electron chi connectivity index (χ0n) is 19.8. The van der Waals surface area contributed by atoms with Gasteiger partial charge in [-0.1, -0.05) is 58.2 Å². The maximum atomic E-state index is 12.0. The van der Waals surface area contributed by atoms with E-state index in [9.17, 15) is 4.79 Å². The number of hydrogen-bond donors (Lipinski definition) is 0. The van der Waals surface area contributed by atoms with E-state index in [4.69, 9.17) is 0 Å². The lowest BCUT2D eigenvalue weighted by atomic mass is 9.95. The summed E-state index contributed by atoms with van der Waals surface area (Å²) in [5, 5.41) is 0. The predicted octanol–water partition coefficient (Wildman–Crippen LogP) is 8.69. The molecule has 158 valence electrons. The standard InChI is InChI=1S/C27H44O/c1-21(2)12-9-14-23(5)15-11-16-24(6)18-19-27(26(8)28)20-25(7)17-10-13-22(3)4/h12-13,15,18,20,27H,9-11,14,16-17,19H2,1-8H3/b23-15?,24-18?,25-20+. The van der Waals surface area contributed by atoms with Crippen molar-refractivity contribution in [3.8, 4) is 0 Å². The summed E-state index contributed by atoms with van der Waals surface area (Å²) >= 11 is 0. The van der Waals surface area contributed by atoms with Gasteiger partial charge in [-0.25, -0.2) is 0 Å². The first kappa shape index (κ1) is 26.4. The lowest BCUT2D eigenvalue weighted by Gasteiger charge is -2.10. The largest absolute Gasteiger partial charge is 0.299 e. The number of hydrogen-bond acceptors (Lipinski definition) is 1. The second kappa shape index (κ2) is 15.3. The molecule has 0 radical (unpaired) electrons. The monoisotopic (exact) mass is 384 g/mol. The minimum Gasteiger partial charge on any atom is -0.299 e. The third kappa shape index (κ3) is 15.4. The smallest absolute Gasteiger partial charge is 0.136 e. The molecule has 0 rings (SSSR count). The van der Waals surface area contributed by atoms with Crippen LogP contribution in [0, 0.1) is 5.92 Å². The van der Waals surface area contributed by atoms with Crippen LogP contribution in [0.2, 0.25) is 0 Å². The molecule has 1 nitrogen and oxygen atoms in total. The predicted molar refractivity (Wildman–Crippen MR) is 127 cm³/mol. The van der Waals surface area contributed by atoms with Gasteiger partial charge in [-0.05, 0) is 100 Å². The van der Waals surface area contributed by atoms with Crippen LogP contribution < -0.4 is 0 Å². The van der Waals surface area contributed by atoms with Crippen LogP contribution in [0.15, 0.2) is 58.2 Å². The molecule has 0 saturated heterocycles. The van der Waals surface area contributed by atoms with Gasteiger partial charge in [0.2, 0.25) is 0 Å². The van der Waals surface area contributed by atoms with Gasteiger partial charge in [0.15, 0.2) is 0 Å². The molecule has 0 heterocycles. The summed E-state index contributed by atoms with van der Waals surface area (Å²) in [6.07, 6.45) is 18.7. The van der Waals surface area contributed by atoms with Crippen LogP contribution in [0.3, 0.4) is 0 Å². The molecular weight excluding hydrogens is 340 g/mol. The molecular formula is C27H44O. The summed E-state index contributed by atoms with van der Waals surface area (Å²) in [7, 11) is 0. The SMILES string of the molecule is CC(=O)C(/C=C(\C)CCC=C(C)C)CC=C(C)CCC=C(C)CCC=C(C)C. The Labute approximate surface area is 175 Å². The third-order valence-corrected chi connectivity index (χ3v) is 4.94. The highest BCUT2D eigenvalue weighted by molar-refractivity contribution is 5.80. The Balaban J connectivity index is 4.55. The molecule has 0 aliphatic heterocycles. The molecule has 0 saturated carbocycles. The Morgan fingerprint density at radius 1 is 0.607 bits per heavy atom. The van der Waals surface area contributed by atoms with Crippen LogP contribution in [0.25, 0.3) is 0 Å². The number of ketones is 1. The Bertz CT molecular complexity index is 615. The van der Waals surface area contributed by atoms with Gasteiger partial charge in [-0.2, -0.15) is 0 Å². The maximum Gasteiger partial charge on any atom is 0.136 e. The minimum absolute atomic E-state index is 0.0167. The Kier molecular flexibility index (Phi) is 14.4. The van der Waals surface area contributed by atoms with Crippen molar-refractivity contribution >= 4 is 5.78 Å². The summed E-state index contributed by atoms with van der Waals surface area (Å²) in [4.78, 5) is 12.0. The van der Waals surface area contributed by atoms with Gasteiger partial charge in [-0.3, -0.25) is 4.79 Å². The molecule has 28 heavy (non-hydrogen) atoms. The molecule has 0 aliphatic carbocycles. The zero-order chi connectivity index (χ0) is 21.5. The quantitative estimate of drug-likeness (QED) is 0.290. The van der Waals surface area contributed by atoms with Crippen molar-refractivity contribution in [3.63, 3.8) is 0 Å². The highest BCUT2D eigenvalue weighted by atomic mass is 16.1. The first-order valence-corrected chi connectivity index (χ1v) is 10.9. The van der Waals surface area contributed by atoms with E-state index < -0.39 is 0 Å². The summed E-state index contributed by atoms with van der Waals surface area (Å²) in [5.41, 5.74) is 6.93. The molecule has 0 aliphatic rings. The maximum absolute atomic E-state index is 12.0. The first-order chi connectivity index (χ1) is 13.1. The van der Waals surface area contributed by atoms with E-state index in [-0.39, 0.29) is 11.7 Å². The minimum atomic E-state index is 0.0167. The van der Waals surface area contributed by atoms with Gasteiger partial charge in [0.25, 0.3) is 0 Å². The van der Waals surface area contributed by atoms with Gasteiger partial charge in [0, 0.05) is 5.92 Å². The van der Waals surface area contributed by atoms with Crippen molar-refractivity contribution in [2.75, 3.05) is 0 Å². The van der Waals surface area contributed by atoms with Gasteiger partial charge in [0.05, 0.1) is 0 Å². The second-order valence-corrected chi connectivity index (χ2v) is 8.75. The fraction of sp³-hybridized carbons (Fsp3) is 0.593. The van der Waals surface area contributed by atoms with E-state index >= 15 is 0 Å². The molecule has 0 bridgehead atoms. The summed E-state index contributed by atoms with van der Waals surface area (Å²) in [6.45, 7) is 16.8. The number of Topliss-reactive ketones (excluding diaryl/α,β-unsaturated/α-hetero) is 1. The van der Waals surface area contributed by atoms with Gasteiger partial charge in [0.1, 0.15) is 5.78 Å². The van der Waals surface area contributed by atoms with Gasteiger partial charge >= 0.3 is 0 Å². The van der Waals surface area contributed by atoms with E-state index in [0.29, 0.717) is 0 Å². The molecule has 0 fully saturated rings. The van der Waals surface area contributed by atoms with E-state index in [1.807, 2.05) is 0 Å².